The molecule has 0 saturated heterocycles. The topological polar surface area (TPSA) is 83.6 Å². The Morgan fingerprint density at radius 3 is 2.57 bits per heavy atom. The lowest BCUT2D eigenvalue weighted by atomic mass is 10.1. The molecule has 3 rings (SSSR count). The van der Waals surface area contributed by atoms with Crippen LogP contribution in [0.2, 0.25) is 0 Å². The van der Waals surface area contributed by atoms with Gasteiger partial charge in [-0.1, -0.05) is 0 Å². The second-order valence-corrected chi connectivity index (χ2v) is 5.60. The Labute approximate surface area is 134 Å². The maximum atomic E-state index is 12.3. The summed E-state index contributed by atoms with van der Waals surface area (Å²) in [6.45, 7) is 6.31. The number of benzene rings is 1. The number of carbonyl (C=O) groups is 1. The van der Waals surface area contributed by atoms with Crippen LogP contribution in [-0.4, -0.2) is 32.4 Å². The first-order valence-electron chi connectivity index (χ1n) is 7.56. The normalized spacial score (nSPS) is 10.9. The van der Waals surface area contributed by atoms with Crippen LogP contribution in [0.15, 0.2) is 24.4 Å². The summed E-state index contributed by atoms with van der Waals surface area (Å²) in [7, 11) is 0. The first-order chi connectivity index (χ1) is 11.0. The number of nitrogens with zero attached hydrogens (tertiary/aromatic N) is 3. The van der Waals surface area contributed by atoms with Crippen molar-refractivity contribution in [1.82, 2.24) is 25.3 Å². The summed E-state index contributed by atoms with van der Waals surface area (Å²) in [5, 5.41) is 2.91. The fraction of sp³-hybridized carbons (Fsp3) is 0.294. The van der Waals surface area contributed by atoms with Gasteiger partial charge in [0.15, 0.2) is 0 Å². The molecule has 2 N–H and O–H groups in total. The van der Waals surface area contributed by atoms with E-state index < -0.39 is 0 Å². The van der Waals surface area contributed by atoms with Gasteiger partial charge in [0.05, 0.1) is 22.4 Å². The minimum absolute atomic E-state index is 0.108. The number of amides is 1. The Morgan fingerprint density at radius 2 is 1.87 bits per heavy atom. The molecule has 0 aliphatic rings. The smallest absolute Gasteiger partial charge is 0.251 e. The van der Waals surface area contributed by atoms with E-state index in [2.05, 4.69) is 25.3 Å². The number of hydrogen-bond donors (Lipinski definition) is 2. The van der Waals surface area contributed by atoms with Crippen molar-refractivity contribution in [2.24, 2.45) is 0 Å². The standard InChI is InChI=1S/C17H19N5O/c1-10-11(2)21-16-8-13(4-5-15(16)20-10)17(23)18-7-6-14-9-19-12(3)22-14/h4-5,8-9H,6-7H2,1-3H3,(H,18,23)(H,19,22). The number of rotatable bonds is 4. The van der Waals surface area contributed by atoms with E-state index in [0.29, 0.717) is 12.1 Å². The average molecular weight is 309 g/mol. The van der Waals surface area contributed by atoms with E-state index in [1.165, 1.54) is 0 Å². The zero-order valence-corrected chi connectivity index (χ0v) is 13.5. The van der Waals surface area contributed by atoms with Crippen molar-refractivity contribution in [3.05, 3.63) is 52.9 Å². The van der Waals surface area contributed by atoms with Crippen molar-refractivity contribution in [3.8, 4) is 0 Å². The number of nitrogens with one attached hydrogen (secondary N) is 2. The van der Waals surface area contributed by atoms with Crippen LogP contribution in [0.5, 0.6) is 0 Å². The number of H-pyrrole nitrogens is 1. The largest absolute Gasteiger partial charge is 0.352 e. The Kier molecular flexibility index (Phi) is 4.06. The van der Waals surface area contributed by atoms with Crippen LogP contribution in [0.3, 0.4) is 0 Å². The van der Waals surface area contributed by atoms with E-state index >= 15 is 0 Å². The SMILES string of the molecule is Cc1ncc(CCNC(=O)c2ccc3nc(C)c(C)nc3c2)[nH]1. The third-order valence-corrected chi connectivity index (χ3v) is 3.77. The average Bonchev–Trinajstić information content (AvgIpc) is 2.93. The highest BCUT2D eigenvalue weighted by Gasteiger charge is 2.08. The molecular weight excluding hydrogens is 290 g/mol. The van der Waals surface area contributed by atoms with Gasteiger partial charge in [-0.05, 0) is 39.0 Å². The van der Waals surface area contributed by atoms with Crippen molar-refractivity contribution < 1.29 is 4.79 Å². The fourth-order valence-electron chi connectivity index (χ4n) is 2.38. The zero-order valence-electron chi connectivity index (χ0n) is 13.5. The van der Waals surface area contributed by atoms with Crippen molar-refractivity contribution >= 4 is 16.9 Å². The van der Waals surface area contributed by atoms with E-state index in [9.17, 15) is 4.79 Å². The molecular formula is C17H19N5O. The minimum atomic E-state index is -0.108. The zero-order chi connectivity index (χ0) is 16.4. The molecule has 3 aromatic rings. The van der Waals surface area contributed by atoms with Crippen LogP contribution in [-0.2, 0) is 6.42 Å². The monoisotopic (exact) mass is 309 g/mol. The number of imidazole rings is 1. The van der Waals surface area contributed by atoms with E-state index in [1.807, 2.05) is 26.8 Å². The Morgan fingerprint density at radius 1 is 1.13 bits per heavy atom. The van der Waals surface area contributed by atoms with Crippen LogP contribution in [0.4, 0.5) is 0 Å². The van der Waals surface area contributed by atoms with Crippen LogP contribution in [0, 0.1) is 20.8 Å². The number of aryl methyl sites for hydroxylation is 3. The number of aromatic nitrogens is 4. The predicted molar refractivity (Wildman–Crippen MR) is 88.4 cm³/mol. The lowest BCUT2D eigenvalue weighted by Gasteiger charge is -2.06. The highest BCUT2D eigenvalue weighted by Crippen LogP contribution is 2.14. The molecule has 0 unspecified atom stereocenters. The Bertz CT molecular complexity index is 869. The van der Waals surface area contributed by atoms with Gasteiger partial charge in [0.1, 0.15) is 5.82 Å². The molecule has 2 aromatic heterocycles. The number of hydrogen-bond acceptors (Lipinski definition) is 4. The molecule has 0 fully saturated rings. The molecule has 1 aromatic carbocycles. The summed E-state index contributed by atoms with van der Waals surface area (Å²) in [6, 6.07) is 5.40. The molecule has 0 atom stereocenters. The van der Waals surface area contributed by atoms with Gasteiger partial charge in [0.2, 0.25) is 0 Å². The number of aromatic amines is 1. The van der Waals surface area contributed by atoms with Gasteiger partial charge in [0, 0.05) is 30.4 Å². The summed E-state index contributed by atoms with van der Waals surface area (Å²) in [6.07, 6.45) is 2.51. The van der Waals surface area contributed by atoms with Gasteiger partial charge >= 0.3 is 0 Å². The molecule has 0 spiro atoms. The molecule has 0 bridgehead atoms. The molecule has 0 radical (unpaired) electrons. The van der Waals surface area contributed by atoms with E-state index in [4.69, 9.17) is 0 Å². The second kappa shape index (κ2) is 6.16. The summed E-state index contributed by atoms with van der Waals surface area (Å²) >= 11 is 0. The second-order valence-electron chi connectivity index (χ2n) is 5.60. The molecule has 6 nitrogen and oxygen atoms in total. The first kappa shape index (κ1) is 15.1. The lowest BCUT2D eigenvalue weighted by molar-refractivity contribution is 0.0954. The highest BCUT2D eigenvalue weighted by atomic mass is 16.1. The number of fused-ring (bicyclic) bond motifs is 1. The first-order valence-corrected chi connectivity index (χ1v) is 7.56. The van der Waals surface area contributed by atoms with E-state index in [1.54, 1.807) is 18.3 Å². The van der Waals surface area contributed by atoms with Gasteiger partial charge in [-0.2, -0.15) is 0 Å². The molecule has 2 heterocycles. The van der Waals surface area contributed by atoms with Gasteiger partial charge in [-0.15, -0.1) is 0 Å². The van der Waals surface area contributed by atoms with Crippen LogP contribution in [0.25, 0.3) is 11.0 Å². The summed E-state index contributed by atoms with van der Waals surface area (Å²) in [5.74, 6) is 0.772. The summed E-state index contributed by atoms with van der Waals surface area (Å²) < 4.78 is 0. The maximum Gasteiger partial charge on any atom is 0.251 e. The van der Waals surface area contributed by atoms with Crippen molar-refractivity contribution in [2.45, 2.75) is 27.2 Å². The van der Waals surface area contributed by atoms with Crippen LogP contribution < -0.4 is 5.32 Å². The Hall–Kier alpha value is -2.76. The Balaban J connectivity index is 1.69. The molecule has 23 heavy (non-hydrogen) atoms. The van der Waals surface area contributed by atoms with E-state index in [0.717, 1.165) is 40.4 Å². The van der Waals surface area contributed by atoms with Gasteiger partial charge in [-0.25, -0.2) is 15.0 Å². The van der Waals surface area contributed by atoms with Crippen molar-refractivity contribution in [3.63, 3.8) is 0 Å². The molecule has 118 valence electrons. The lowest BCUT2D eigenvalue weighted by Crippen LogP contribution is -2.25. The quantitative estimate of drug-likeness (QED) is 0.774. The third kappa shape index (κ3) is 3.36. The van der Waals surface area contributed by atoms with E-state index in [-0.39, 0.29) is 5.91 Å². The third-order valence-electron chi connectivity index (χ3n) is 3.77. The predicted octanol–water partition coefficient (Wildman–Crippen LogP) is 2.25. The molecule has 6 heteroatoms. The molecule has 0 aliphatic carbocycles. The molecule has 1 amide bonds. The van der Waals surface area contributed by atoms with Crippen LogP contribution >= 0.6 is 0 Å². The van der Waals surface area contributed by atoms with Gasteiger partial charge in [0.25, 0.3) is 5.91 Å². The van der Waals surface area contributed by atoms with Gasteiger partial charge < -0.3 is 10.3 Å². The molecule has 0 saturated carbocycles. The summed E-state index contributed by atoms with van der Waals surface area (Å²) in [4.78, 5) is 28.5. The molecule has 0 aliphatic heterocycles. The maximum absolute atomic E-state index is 12.3. The van der Waals surface area contributed by atoms with Crippen molar-refractivity contribution in [1.29, 1.82) is 0 Å². The van der Waals surface area contributed by atoms with Gasteiger partial charge in [-0.3, -0.25) is 4.79 Å². The fourth-order valence-corrected chi connectivity index (χ4v) is 2.38. The number of carbonyl (C=O) groups excluding carboxylic acids is 1. The highest BCUT2D eigenvalue weighted by molar-refractivity contribution is 5.97. The summed E-state index contributed by atoms with van der Waals surface area (Å²) in [5.41, 5.74) is 4.94. The minimum Gasteiger partial charge on any atom is -0.352 e. The van der Waals surface area contributed by atoms with Crippen molar-refractivity contribution in [2.75, 3.05) is 6.54 Å². The van der Waals surface area contributed by atoms with Crippen LogP contribution in [0.1, 0.15) is 33.3 Å².